The van der Waals surface area contributed by atoms with Crippen molar-refractivity contribution in [1.29, 1.82) is 0 Å². The summed E-state index contributed by atoms with van der Waals surface area (Å²) in [4.78, 5) is 48.0. The molecule has 0 amide bonds. The quantitative estimate of drug-likeness (QED) is 0.221. The van der Waals surface area contributed by atoms with Crippen LogP contribution >= 0.6 is 34.4 Å². The molecule has 197 valence electrons. The van der Waals surface area contributed by atoms with Gasteiger partial charge in [0.2, 0.25) is 5.12 Å². The van der Waals surface area contributed by atoms with Crippen molar-refractivity contribution in [2.75, 3.05) is 5.32 Å². The number of phenols is 1. The number of phenolic OH excluding ortho intramolecular Hbond substituents is 1. The monoisotopic (exact) mass is 591 g/mol. The van der Waals surface area contributed by atoms with Crippen LogP contribution in [0.5, 0.6) is 5.75 Å². The van der Waals surface area contributed by atoms with E-state index in [1.165, 1.54) is 17.4 Å². The molecular formula is C29H15N6O3S3. The summed E-state index contributed by atoms with van der Waals surface area (Å²) in [5, 5.41) is 14.9. The van der Waals surface area contributed by atoms with E-state index in [1.54, 1.807) is 46.8 Å². The molecule has 12 heteroatoms. The summed E-state index contributed by atoms with van der Waals surface area (Å²) in [5.74, 6) is -0.0952. The van der Waals surface area contributed by atoms with Gasteiger partial charge in [0.25, 0.3) is 5.56 Å². The number of aromatic hydroxyl groups is 1. The van der Waals surface area contributed by atoms with Gasteiger partial charge in [-0.2, -0.15) is 0 Å². The number of hydrogen-bond donors (Lipinski definition) is 3. The Kier molecular flexibility index (Phi) is 5.42. The zero-order chi connectivity index (χ0) is 27.7. The SMILES string of the molecule is O=C1Sc2n[c]c(-c3cc4cccc(O)c4c(=O)[nH]3)c(-c3ccc4scnc4c3)c2NC1c1cnc2scnc2c1. The van der Waals surface area contributed by atoms with E-state index in [0.717, 1.165) is 37.9 Å². The van der Waals surface area contributed by atoms with Crippen LogP contribution in [0.1, 0.15) is 11.6 Å². The lowest BCUT2D eigenvalue weighted by molar-refractivity contribution is -0.111. The third-order valence-corrected chi connectivity index (χ3v) is 9.47. The molecule has 8 rings (SSSR count). The molecule has 7 aromatic rings. The van der Waals surface area contributed by atoms with Crippen molar-refractivity contribution in [2.24, 2.45) is 0 Å². The van der Waals surface area contributed by atoms with Gasteiger partial charge in [0.05, 0.1) is 38.0 Å². The maximum atomic E-state index is 13.3. The maximum Gasteiger partial charge on any atom is 0.260 e. The van der Waals surface area contributed by atoms with Crippen LogP contribution in [-0.4, -0.2) is 35.1 Å². The summed E-state index contributed by atoms with van der Waals surface area (Å²) in [7, 11) is 0. The van der Waals surface area contributed by atoms with Crippen molar-refractivity contribution < 1.29 is 9.90 Å². The molecule has 6 heterocycles. The Balaban J connectivity index is 1.36. The van der Waals surface area contributed by atoms with Crippen molar-refractivity contribution in [3.8, 4) is 28.1 Å². The lowest BCUT2D eigenvalue weighted by atomic mass is 9.95. The van der Waals surface area contributed by atoms with E-state index in [9.17, 15) is 14.7 Å². The number of H-pyrrole nitrogens is 1. The number of carbonyl (C=O) groups excluding carboxylic acids is 1. The summed E-state index contributed by atoms with van der Waals surface area (Å²) in [6.45, 7) is 0. The average molecular weight is 592 g/mol. The Morgan fingerprint density at radius 3 is 2.76 bits per heavy atom. The van der Waals surface area contributed by atoms with Gasteiger partial charge in [0, 0.05) is 22.9 Å². The van der Waals surface area contributed by atoms with Gasteiger partial charge in [0.15, 0.2) is 0 Å². The van der Waals surface area contributed by atoms with E-state index in [2.05, 4.69) is 36.4 Å². The first-order valence-electron chi connectivity index (χ1n) is 12.4. The molecule has 0 fully saturated rings. The highest BCUT2D eigenvalue weighted by Crippen LogP contribution is 2.47. The largest absolute Gasteiger partial charge is 0.507 e. The predicted molar refractivity (Wildman–Crippen MR) is 162 cm³/mol. The number of nitrogens with one attached hydrogen (secondary N) is 2. The zero-order valence-electron chi connectivity index (χ0n) is 20.7. The van der Waals surface area contributed by atoms with Crippen molar-refractivity contribution in [3.63, 3.8) is 0 Å². The Morgan fingerprint density at radius 2 is 1.83 bits per heavy atom. The van der Waals surface area contributed by atoms with Gasteiger partial charge in [-0.25, -0.2) is 19.9 Å². The van der Waals surface area contributed by atoms with Crippen LogP contribution in [0.15, 0.2) is 75.6 Å². The third-order valence-electron chi connectivity index (χ3n) is 6.99. The van der Waals surface area contributed by atoms with E-state index in [4.69, 9.17) is 0 Å². The molecule has 0 bridgehead atoms. The minimum Gasteiger partial charge on any atom is -0.507 e. The highest BCUT2D eigenvalue weighted by atomic mass is 32.2. The molecule has 1 aliphatic heterocycles. The number of aromatic nitrogens is 5. The van der Waals surface area contributed by atoms with Crippen LogP contribution in [0.25, 0.3) is 53.7 Å². The van der Waals surface area contributed by atoms with Gasteiger partial charge in [-0.1, -0.05) is 18.2 Å². The van der Waals surface area contributed by atoms with E-state index >= 15 is 0 Å². The number of aromatic amines is 1. The summed E-state index contributed by atoms with van der Waals surface area (Å²) >= 11 is 4.03. The van der Waals surface area contributed by atoms with Gasteiger partial charge >= 0.3 is 0 Å². The van der Waals surface area contributed by atoms with Gasteiger partial charge < -0.3 is 15.4 Å². The molecule has 5 aromatic heterocycles. The maximum absolute atomic E-state index is 13.3. The summed E-state index contributed by atoms with van der Waals surface area (Å²) in [5.41, 5.74) is 8.52. The molecule has 0 aliphatic carbocycles. The molecule has 1 unspecified atom stereocenters. The first-order valence-corrected chi connectivity index (χ1v) is 14.9. The van der Waals surface area contributed by atoms with Crippen LogP contribution in [0.3, 0.4) is 0 Å². The lowest BCUT2D eigenvalue weighted by Crippen LogP contribution is -2.24. The van der Waals surface area contributed by atoms with E-state index < -0.39 is 11.6 Å². The van der Waals surface area contributed by atoms with Gasteiger partial charge in [-0.15, -0.1) is 22.7 Å². The summed E-state index contributed by atoms with van der Waals surface area (Å²) in [6, 6.07) is 13.9. The number of hydrogen-bond acceptors (Lipinski definition) is 11. The molecule has 3 N–H and O–H groups in total. The second kappa shape index (κ2) is 9.20. The molecular weight excluding hydrogens is 577 g/mol. The Bertz CT molecular complexity index is 2260. The lowest BCUT2D eigenvalue weighted by Gasteiger charge is -2.28. The fraction of sp³-hybridized carbons (Fsp3) is 0.0345. The van der Waals surface area contributed by atoms with Crippen LogP contribution in [0, 0.1) is 6.20 Å². The predicted octanol–water partition coefficient (Wildman–Crippen LogP) is 6.16. The minimum atomic E-state index is -0.697. The van der Waals surface area contributed by atoms with Crippen molar-refractivity contribution in [3.05, 3.63) is 87.9 Å². The Labute approximate surface area is 243 Å². The highest BCUT2D eigenvalue weighted by molar-refractivity contribution is 8.13. The molecule has 1 radical (unpaired) electrons. The summed E-state index contributed by atoms with van der Waals surface area (Å²) < 4.78 is 1.04. The topological polar surface area (TPSA) is 134 Å². The molecule has 0 saturated carbocycles. The highest BCUT2D eigenvalue weighted by Gasteiger charge is 2.33. The third kappa shape index (κ3) is 3.90. The molecule has 1 atom stereocenters. The molecule has 0 saturated heterocycles. The number of pyridine rings is 3. The Hall–Kier alpha value is -4.65. The Morgan fingerprint density at radius 1 is 0.951 bits per heavy atom. The molecule has 41 heavy (non-hydrogen) atoms. The second-order valence-corrected chi connectivity index (χ2v) is 12.1. The van der Waals surface area contributed by atoms with Crippen LogP contribution < -0.4 is 10.9 Å². The zero-order valence-corrected chi connectivity index (χ0v) is 23.2. The second-order valence-electron chi connectivity index (χ2n) is 9.39. The number of anilines is 1. The van der Waals surface area contributed by atoms with Gasteiger partial charge in [-0.05, 0) is 53.0 Å². The first-order chi connectivity index (χ1) is 20.0. The van der Waals surface area contributed by atoms with Crippen LogP contribution in [0.2, 0.25) is 0 Å². The van der Waals surface area contributed by atoms with Crippen molar-refractivity contribution in [2.45, 2.75) is 11.1 Å². The van der Waals surface area contributed by atoms with Crippen LogP contribution in [-0.2, 0) is 4.79 Å². The van der Waals surface area contributed by atoms with Crippen molar-refractivity contribution >= 4 is 76.6 Å². The number of thioether (sulfide) groups is 1. The van der Waals surface area contributed by atoms with E-state index in [-0.39, 0.29) is 16.3 Å². The fourth-order valence-electron chi connectivity index (χ4n) is 5.10. The molecule has 2 aromatic carbocycles. The minimum absolute atomic E-state index is 0.0952. The summed E-state index contributed by atoms with van der Waals surface area (Å²) in [6.07, 6.45) is 4.78. The van der Waals surface area contributed by atoms with Crippen molar-refractivity contribution in [1.82, 2.24) is 24.9 Å². The normalized spacial score (nSPS) is 14.9. The fourth-order valence-corrected chi connectivity index (χ4v) is 7.23. The standard InChI is InChI=1S/C29H15N6O3S3/c36-20-3-1-2-13-6-17(34-26(37)23(13)20)16-10-31-28-25(22(16)14-4-5-21-18(7-14)32-11-39-21)35-24(29(38)41-28)15-8-19-27(30-9-15)40-12-33-19/h1-9,11-12,24,35-36H,(H,34,37). The van der Waals surface area contributed by atoms with E-state index in [0.29, 0.717) is 38.5 Å². The van der Waals surface area contributed by atoms with Gasteiger partial charge in [-0.3, -0.25) is 9.59 Å². The first kappa shape index (κ1) is 24.2. The smallest absolute Gasteiger partial charge is 0.260 e. The number of rotatable bonds is 3. The molecule has 1 aliphatic rings. The number of benzene rings is 2. The number of thiazole rings is 2. The average Bonchev–Trinajstić information content (AvgIpc) is 3.65. The number of fused-ring (bicyclic) bond motifs is 4. The number of nitrogens with zero attached hydrogens (tertiary/aromatic N) is 4. The van der Waals surface area contributed by atoms with E-state index in [1.807, 2.05) is 24.3 Å². The van der Waals surface area contributed by atoms with Crippen LogP contribution in [0.4, 0.5) is 5.69 Å². The number of carbonyl (C=O) groups is 1. The molecule has 0 spiro atoms. The van der Waals surface area contributed by atoms with Gasteiger partial charge in [0.1, 0.15) is 33.4 Å². The molecule has 9 nitrogen and oxygen atoms in total.